The van der Waals surface area contributed by atoms with E-state index in [0.29, 0.717) is 18.8 Å². The molecule has 4 nitrogen and oxygen atoms in total. The van der Waals surface area contributed by atoms with Crippen LogP contribution in [0.3, 0.4) is 0 Å². The lowest BCUT2D eigenvalue weighted by atomic mass is 10.0. The molecule has 0 radical (unpaired) electrons. The van der Waals surface area contributed by atoms with Crippen LogP contribution in [0.4, 0.5) is 0 Å². The van der Waals surface area contributed by atoms with E-state index in [0.717, 1.165) is 47.3 Å². The number of hydrogen-bond acceptors (Lipinski definition) is 3. The first-order chi connectivity index (χ1) is 12.2. The molecule has 0 spiro atoms. The average molecular weight is 402 g/mol. The van der Waals surface area contributed by atoms with E-state index < -0.39 is 0 Å². The molecular weight excluding hydrogens is 382 g/mol. The first-order valence-electron chi connectivity index (χ1n) is 8.69. The summed E-state index contributed by atoms with van der Waals surface area (Å²) in [7, 11) is 0. The van der Waals surface area contributed by atoms with Crippen LogP contribution in [0.1, 0.15) is 41.2 Å². The molecule has 2 aliphatic rings. The maximum atomic E-state index is 13.0. The van der Waals surface area contributed by atoms with Crippen molar-refractivity contribution in [2.45, 2.75) is 25.3 Å². The number of carbonyl (C=O) groups excluding carboxylic acids is 1. The van der Waals surface area contributed by atoms with Crippen LogP contribution in [-0.2, 0) is 0 Å². The quantitative estimate of drug-likeness (QED) is 0.738. The Morgan fingerprint density at radius 3 is 2.68 bits per heavy atom. The third-order valence-electron chi connectivity index (χ3n) is 4.77. The summed E-state index contributed by atoms with van der Waals surface area (Å²) >= 11 is 3.49. The second-order valence-electron chi connectivity index (χ2n) is 6.39. The van der Waals surface area contributed by atoms with Gasteiger partial charge in [-0.05, 0) is 58.6 Å². The van der Waals surface area contributed by atoms with Crippen molar-refractivity contribution >= 4 is 21.8 Å². The van der Waals surface area contributed by atoms with Crippen LogP contribution in [0.5, 0.6) is 11.5 Å². The summed E-state index contributed by atoms with van der Waals surface area (Å²) in [5.41, 5.74) is 1.82. The van der Waals surface area contributed by atoms with Gasteiger partial charge in [-0.15, -0.1) is 0 Å². The van der Waals surface area contributed by atoms with Crippen LogP contribution >= 0.6 is 15.9 Å². The van der Waals surface area contributed by atoms with Crippen LogP contribution < -0.4 is 9.47 Å². The second-order valence-corrected chi connectivity index (χ2v) is 7.25. The summed E-state index contributed by atoms with van der Waals surface area (Å²) in [4.78, 5) is 15.0. The van der Waals surface area contributed by atoms with Crippen LogP contribution in [0, 0.1) is 0 Å². The number of amides is 1. The van der Waals surface area contributed by atoms with Crippen molar-refractivity contribution in [1.29, 1.82) is 0 Å². The smallest absolute Gasteiger partial charge is 0.255 e. The molecule has 2 aromatic carbocycles. The molecule has 0 aromatic heterocycles. The lowest BCUT2D eigenvalue weighted by Crippen LogP contribution is -2.30. The Kier molecular flexibility index (Phi) is 4.66. The first-order valence-corrected chi connectivity index (χ1v) is 9.48. The van der Waals surface area contributed by atoms with Gasteiger partial charge in [0.05, 0.1) is 24.8 Å². The molecule has 1 atom stereocenters. The molecule has 2 aromatic rings. The molecule has 1 fully saturated rings. The van der Waals surface area contributed by atoms with Crippen molar-refractivity contribution in [3.05, 3.63) is 58.1 Å². The fraction of sp³-hybridized carbons (Fsp3) is 0.350. The molecule has 2 heterocycles. The fourth-order valence-corrected chi connectivity index (χ4v) is 3.99. The number of rotatable bonds is 2. The highest BCUT2D eigenvalue weighted by Crippen LogP contribution is 2.38. The highest BCUT2D eigenvalue weighted by atomic mass is 79.9. The van der Waals surface area contributed by atoms with Crippen molar-refractivity contribution in [2.75, 3.05) is 19.8 Å². The van der Waals surface area contributed by atoms with E-state index in [1.54, 1.807) is 0 Å². The van der Waals surface area contributed by atoms with Gasteiger partial charge in [0.1, 0.15) is 0 Å². The zero-order chi connectivity index (χ0) is 17.2. The van der Waals surface area contributed by atoms with E-state index in [9.17, 15) is 4.79 Å². The van der Waals surface area contributed by atoms with Gasteiger partial charge in [0.2, 0.25) is 0 Å². The van der Waals surface area contributed by atoms with Gasteiger partial charge in [0.25, 0.3) is 5.91 Å². The maximum Gasteiger partial charge on any atom is 0.255 e. The third kappa shape index (κ3) is 3.25. The molecular formula is C20H20BrNO3. The topological polar surface area (TPSA) is 38.8 Å². The Morgan fingerprint density at radius 2 is 1.84 bits per heavy atom. The summed E-state index contributed by atoms with van der Waals surface area (Å²) in [6, 6.07) is 13.7. The van der Waals surface area contributed by atoms with Gasteiger partial charge in [-0.1, -0.05) is 18.2 Å². The van der Waals surface area contributed by atoms with Crippen LogP contribution in [0.15, 0.2) is 46.9 Å². The van der Waals surface area contributed by atoms with Gasteiger partial charge in [-0.2, -0.15) is 0 Å². The standard InChI is InChI=1S/C20H20BrNO3/c21-16-6-2-1-5-15(16)20(23)22-10-3-7-17(22)14-8-9-18-19(13-14)25-12-4-11-24-18/h1-2,5-6,8-9,13,17H,3-4,7,10-12H2/t17-/m0/s1. The Hall–Kier alpha value is -2.01. The second kappa shape index (κ2) is 7.08. The summed E-state index contributed by atoms with van der Waals surface area (Å²) < 4.78 is 12.4. The zero-order valence-corrected chi connectivity index (χ0v) is 15.5. The van der Waals surface area contributed by atoms with Gasteiger partial charge in [-0.3, -0.25) is 4.79 Å². The number of carbonyl (C=O) groups is 1. The Bertz CT molecular complexity index is 792. The van der Waals surface area contributed by atoms with E-state index in [-0.39, 0.29) is 11.9 Å². The van der Waals surface area contributed by atoms with Crippen LogP contribution in [0.25, 0.3) is 0 Å². The SMILES string of the molecule is O=C(c1ccccc1Br)N1CCC[C@H]1c1ccc2c(c1)OCCCO2. The Balaban J connectivity index is 1.63. The van der Waals surface area contributed by atoms with E-state index >= 15 is 0 Å². The lowest BCUT2D eigenvalue weighted by molar-refractivity contribution is 0.0734. The molecule has 0 aliphatic carbocycles. The Labute approximate surface area is 155 Å². The van der Waals surface area contributed by atoms with Crippen molar-refractivity contribution < 1.29 is 14.3 Å². The summed E-state index contributed by atoms with van der Waals surface area (Å²) in [5, 5.41) is 0. The molecule has 4 rings (SSSR count). The van der Waals surface area contributed by atoms with Crippen molar-refractivity contribution in [3.63, 3.8) is 0 Å². The predicted molar refractivity (Wildman–Crippen MR) is 99.2 cm³/mol. The zero-order valence-electron chi connectivity index (χ0n) is 13.9. The predicted octanol–water partition coefficient (Wildman–Crippen LogP) is 4.59. The summed E-state index contributed by atoms with van der Waals surface area (Å²) in [6.45, 7) is 2.13. The third-order valence-corrected chi connectivity index (χ3v) is 5.47. The Morgan fingerprint density at radius 1 is 1.04 bits per heavy atom. The highest BCUT2D eigenvalue weighted by Gasteiger charge is 2.32. The molecule has 0 unspecified atom stereocenters. The molecule has 1 amide bonds. The molecule has 1 saturated heterocycles. The number of ether oxygens (including phenoxy) is 2. The number of halogens is 1. The molecule has 0 N–H and O–H groups in total. The summed E-state index contributed by atoms with van der Waals surface area (Å²) in [6.07, 6.45) is 2.87. The minimum Gasteiger partial charge on any atom is -0.490 e. The van der Waals surface area contributed by atoms with E-state index in [1.807, 2.05) is 41.3 Å². The maximum absolute atomic E-state index is 13.0. The minimum absolute atomic E-state index is 0.0714. The largest absolute Gasteiger partial charge is 0.490 e. The normalized spacial score (nSPS) is 19.6. The molecule has 25 heavy (non-hydrogen) atoms. The van der Waals surface area contributed by atoms with Gasteiger partial charge < -0.3 is 14.4 Å². The molecule has 0 bridgehead atoms. The van der Waals surface area contributed by atoms with E-state index in [1.165, 1.54) is 0 Å². The lowest BCUT2D eigenvalue weighted by Gasteiger charge is -2.26. The average Bonchev–Trinajstić information content (AvgIpc) is 3.00. The number of fused-ring (bicyclic) bond motifs is 1. The number of likely N-dealkylation sites (tertiary alicyclic amines) is 1. The van der Waals surface area contributed by atoms with Crippen LogP contribution in [-0.4, -0.2) is 30.6 Å². The van der Waals surface area contributed by atoms with Gasteiger partial charge >= 0.3 is 0 Å². The van der Waals surface area contributed by atoms with Gasteiger partial charge in [0, 0.05) is 17.4 Å². The fourth-order valence-electron chi connectivity index (χ4n) is 3.53. The van der Waals surface area contributed by atoms with Crippen molar-refractivity contribution in [3.8, 4) is 11.5 Å². The number of benzene rings is 2. The highest BCUT2D eigenvalue weighted by molar-refractivity contribution is 9.10. The minimum atomic E-state index is 0.0714. The summed E-state index contributed by atoms with van der Waals surface area (Å²) in [5.74, 6) is 1.65. The number of hydrogen-bond donors (Lipinski definition) is 0. The van der Waals surface area contributed by atoms with Crippen molar-refractivity contribution in [1.82, 2.24) is 4.90 Å². The van der Waals surface area contributed by atoms with Crippen molar-refractivity contribution in [2.24, 2.45) is 0 Å². The monoisotopic (exact) mass is 401 g/mol. The molecule has 2 aliphatic heterocycles. The first kappa shape index (κ1) is 16.5. The van der Waals surface area contributed by atoms with Gasteiger partial charge in [0.15, 0.2) is 11.5 Å². The van der Waals surface area contributed by atoms with Crippen LogP contribution in [0.2, 0.25) is 0 Å². The molecule has 130 valence electrons. The molecule has 0 saturated carbocycles. The van der Waals surface area contributed by atoms with Gasteiger partial charge in [-0.25, -0.2) is 0 Å². The number of nitrogens with zero attached hydrogens (tertiary/aromatic N) is 1. The van der Waals surface area contributed by atoms with E-state index in [2.05, 4.69) is 22.0 Å². The van der Waals surface area contributed by atoms with E-state index in [4.69, 9.17) is 9.47 Å². The molecule has 5 heteroatoms.